The number of aryl methyl sites for hydroxylation is 1. The van der Waals surface area contributed by atoms with E-state index in [9.17, 15) is 50.3 Å². The molecule has 2 saturated heterocycles. The minimum absolute atomic E-state index is 0.0271. The molecule has 0 radical (unpaired) electrons. The zero-order valence-corrected chi connectivity index (χ0v) is 66.3. The molecule has 4 fully saturated rings. The van der Waals surface area contributed by atoms with Gasteiger partial charge in [-0.2, -0.15) is 26.3 Å². The average Bonchev–Trinajstić information content (AvgIpc) is 1.72. The number of ether oxygens (including phenoxy) is 3. The van der Waals surface area contributed by atoms with Crippen LogP contribution in [0.5, 0.6) is 5.75 Å². The predicted molar refractivity (Wildman–Crippen MR) is 396 cm³/mol. The third kappa shape index (κ3) is 22.1. The van der Waals surface area contributed by atoms with Gasteiger partial charge in [0.25, 0.3) is 0 Å². The maximum absolute atomic E-state index is 15.7. The predicted octanol–water partition coefficient (Wildman–Crippen LogP) is 5.49. The monoisotopic (exact) mass is 1570 g/mol. The van der Waals surface area contributed by atoms with Crippen LogP contribution in [-0.4, -0.2) is 284 Å². The van der Waals surface area contributed by atoms with Gasteiger partial charge in [-0.05, 0) is 124 Å². The van der Waals surface area contributed by atoms with Gasteiger partial charge in [-0.1, -0.05) is 77.3 Å². The van der Waals surface area contributed by atoms with Crippen molar-refractivity contribution in [3.8, 4) is 5.75 Å². The molecule has 3 heterocycles. The van der Waals surface area contributed by atoms with E-state index in [2.05, 4.69) is 16.0 Å². The summed E-state index contributed by atoms with van der Waals surface area (Å²) in [4.78, 5) is 193. The van der Waals surface area contributed by atoms with Crippen molar-refractivity contribution in [2.75, 3.05) is 109 Å². The molecule has 33 heteroatoms. The van der Waals surface area contributed by atoms with Crippen LogP contribution in [0.25, 0.3) is 0 Å². The Morgan fingerprint density at radius 1 is 0.685 bits per heavy atom. The summed E-state index contributed by atoms with van der Waals surface area (Å²) in [5.41, 5.74) is -3.41. The van der Waals surface area contributed by atoms with Gasteiger partial charge in [-0.15, -0.1) is 0 Å². The molecule has 2 aliphatic carbocycles. The molecule has 616 valence electrons. The smallest absolute Gasteiger partial charge is 0.419 e. The fourth-order valence-corrected chi connectivity index (χ4v) is 15.4. The molecule has 111 heavy (non-hydrogen) atoms. The fraction of sp³-hybridized carbons (Fsp3) is 0.667. The van der Waals surface area contributed by atoms with Crippen LogP contribution in [0.2, 0.25) is 0 Å². The fourth-order valence-electron chi connectivity index (χ4n) is 15.4. The second-order valence-corrected chi connectivity index (χ2v) is 30.6. The number of methoxy groups -OCH3 is 2. The topological polar surface area (TPSA) is 298 Å². The number of rotatable bonds is 17. The van der Waals surface area contributed by atoms with Crippen LogP contribution >= 0.6 is 0 Å². The molecule has 7 rings (SSSR count). The molecule has 1 spiro atoms. The molecule has 3 aliphatic heterocycles. The summed E-state index contributed by atoms with van der Waals surface area (Å²) in [6, 6.07) is -4.52. The lowest BCUT2D eigenvalue weighted by Crippen LogP contribution is -2.68. The molecule has 2 aromatic rings. The molecular weight excluding hydrogens is 1460 g/mol. The summed E-state index contributed by atoms with van der Waals surface area (Å²) in [6.07, 6.45) is -5.59. The van der Waals surface area contributed by atoms with Crippen molar-refractivity contribution >= 4 is 70.9 Å². The number of alkyl halides is 6. The van der Waals surface area contributed by atoms with Crippen LogP contribution in [0.4, 0.5) is 26.3 Å². The van der Waals surface area contributed by atoms with Gasteiger partial charge >= 0.3 is 12.4 Å². The molecule has 5 aliphatic rings. The Balaban J connectivity index is 1.36. The quantitative estimate of drug-likeness (QED) is 0.130. The van der Waals surface area contributed by atoms with Gasteiger partial charge in [0.2, 0.25) is 70.9 Å². The largest absolute Gasteiger partial charge is 0.496 e. The maximum atomic E-state index is 15.7. The number of halogens is 6. The SMILES string of the molecule is CCO[C@@H]1C[C@H]2C(=O)NC3(CCC3)C(=O)N(C)[C@@H](C3CCCC3)C(=O)N(C)[C@H](C(=O)N(C)CCOC)CC(=O)N(C)[C@@H](CC(C)C)C(=O)N[C@@H]([C@@H](C)CC)C(=O)N(C)CC(=O)N(C)[C@@H]3C/C=C\CCN(C3=O)[C@@H](Cc3ccc(C(F)(F)F)cc3)C(=O)N(C)CC(=O)N[C@@H](CCc3ccc(C(F)(F)F)c(OC)c3)C(=O)N2C1. The van der Waals surface area contributed by atoms with Crippen LogP contribution < -0.4 is 20.7 Å². The van der Waals surface area contributed by atoms with E-state index >= 15 is 33.6 Å². The number of hydrogen-bond donors (Lipinski definition) is 3. The summed E-state index contributed by atoms with van der Waals surface area (Å²) in [7, 11) is 12.0. The first-order valence-corrected chi connectivity index (χ1v) is 38.2. The molecule has 10 atom stereocenters. The minimum atomic E-state index is -4.83. The highest BCUT2D eigenvalue weighted by Gasteiger charge is 2.54. The Labute approximate surface area is 646 Å². The van der Waals surface area contributed by atoms with E-state index in [4.69, 9.17) is 14.2 Å². The number of nitrogens with one attached hydrogen (secondary N) is 3. The number of benzene rings is 2. The standard InChI is InChI=1S/C78H112F6N12O15/c1-15-48(5)65-73(106)90(8)46-64(99)91(9)56-25-18-17-21-36-95(72(56)105)60(40-49-26-30-52(31-27-49)77(79,80)81)71(104)89(7)45-62(97)85-55(33-29-50-28-32-54(78(82,83)84)61(41-50)110-14)69(102)96-44-53(111-16-2)42-58(96)68(101)87-76(34-22-35-76)75(108)94(12)66(51-23-19-20-24-51)74(107)93(11)59(70(103)88(6)37-38-109-13)43-63(98)92(10)57(39-47(3)4)67(100)86-65/h17-18,26-28,30-32,41,47-48,51,53,55-60,65-66H,15-16,19-25,29,33-40,42-46H2,1-14H3,(H,85,97)(H,86,100)(H,87,101)/b18-17-/t48-,53+,55-,56+,57-,58-,59-,60-,65-,66-/m0/s1. The highest BCUT2D eigenvalue weighted by molar-refractivity contribution is 6.01. The third-order valence-corrected chi connectivity index (χ3v) is 22.5. The van der Waals surface area contributed by atoms with Crippen molar-refractivity contribution < 1.29 is 98.1 Å². The first kappa shape index (κ1) is 89.3. The lowest BCUT2D eigenvalue weighted by atomic mass is 9.74. The summed E-state index contributed by atoms with van der Waals surface area (Å²) in [5.74, 6) is -11.4. The molecule has 2 bridgehead atoms. The molecule has 12 amide bonds. The number of amides is 12. The molecule has 2 aromatic carbocycles. The van der Waals surface area contributed by atoms with E-state index in [1.165, 1.54) is 87.0 Å². The third-order valence-electron chi connectivity index (χ3n) is 22.5. The Kier molecular flexibility index (Phi) is 31.4. The minimum Gasteiger partial charge on any atom is -0.496 e. The molecule has 3 N–H and O–H groups in total. The van der Waals surface area contributed by atoms with Crippen LogP contribution in [0.3, 0.4) is 0 Å². The van der Waals surface area contributed by atoms with Crippen molar-refractivity contribution in [3.63, 3.8) is 0 Å². The van der Waals surface area contributed by atoms with Crippen LogP contribution in [-0.2, 0) is 92.2 Å². The van der Waals surface area contributed by atoms with E-state index in [1.807, 2.05) is 13.8 Å². The number of hydrogen-bond acceptors (Lipinski definition) is 15. The highest BCUT2D eigenvalue weighted by Crippen LogP contribution is 2.40. The normalized spacial score (nSPS) is 25.7. The van der Waals surface area contributed by atoms with Gasteiger partial charge in [0.15, 0.2) is 0 Å². The van der Waals surface area contributed by atoms with Gasteiger partial charge in [-0.25, -0.2) is 0 Å². The van der Waals surface area contributed by atoms with Crippen molar-refractivity contribution in [3.05, 3.63) is 76.9 Å². The van der Waals surface area contributed by atoms with Crippen molar-refractivity contribution in [2.45, 2.75) is 210 Å². The Morgan fingerprint density at radius 2 is 1.33 bits per heavy atom. The summed E-state index contributed by atoms with van der Waals surface area (Å²) < 4.78 is 101. The molecule has 0 unspecified atom stereocenters. The molecule has 2 saturated carbocycles. The van der Waals surface area contributed by atoms with Crippen molar-refractivity contribution in [1.29, 1.82) is 0 Å². The van der Waals surface area contributed by atoms with Gasteiger partial charge in [0.1, 0.15) is 59.6 Å². The van der Waals surface area contributed by atoms with E-state index < -0.39 is 198 Å². The first-order chi connectivity index (χ1) is 52.2. The second kappa shape index (κ2) is 39.0. The zero-order valence-electron chi connectivity index (χ0n) is 66.3. The molecule has 0 aromatic heterocycles. The Bertz CT molecular complexity index is 3680. The van der Waals surface area contributed by atoms with E-state index in [0.717, 1.165) is 63.1 Å². The molecule has 27 nitrogen and oxygen atoms in total. The number of nitrogens with zero attached hydrogens (tertiary/aromatic N) is 9. The van der Waals surface area contributed by atoms with Gasteiger partial charge in [0.05, 0.1) is 50.5 Å². The van der Waals surface area contributed by atoms with E-state index in [1.54, 1.807) is 32.9 Å². The average molecular weight is 1570 g/mol. The zero-order chi connectivity index (χ0) is 82.3. The van der Waals surface area contributed by atoms with Gasteiger partial charge in [-0.3, -0.25) is 57.5 Å². The summed E-state index contributed by atoms with van der Waals surface area (Å²) in [5, 5.41) is 8.53. The second-order valence-electron chi connectivity index (χ2n) is 30.6. The number of fused-ring (bicyclic) bond motifs is 3. The highest BCUT2D eigenvalue weighted by atomic mass is 19.4. The van der Waals surface area contributed by atoms with Gasteiger partial charge in [0, 0.05) is 95.5 Å². The number of carbonyl (C=O) groups excluding carboxylic acids is 12. The Hall–Kier alpha value is -8.88. The van der Waals surface area contributed by atoms with E-state index in [0.29, 0.717) is 38.5 Å². The van der Waals surface area contributed by atoms with Gasteiger partial charge < -0.3 is 74.3 Å². The lowest BCUT2D eigenvalue weighted by molar-refractivity contribution is -0.158. The van der Waals surface area contributed by atoms with Crippen LogP contribution in [0, 0.1) is 17.8 Å². The maximum Gasteiger partial charge on any atom is 0.419 e. The Morgan fingerprint density at radius 3 is 1.92 bits per heavy atom. The van der Waals surface area contributed by atoms with Crippen LogP contribution in [0.15, 0.2) is 54.6 Å². The summed E-state index contributed by atoms with van der Waals surface area (Å²) in [6.45, 7) is 7.03. The molecular formula is C78H112F6N12O15. The van der Waals surface area contributed by atoms with Crippen molar-refractivity contribution in [2.24, 2.45) is 17.8 Å². The number of carbonyl (C=O) groups is 12. The van der Waals surface area contributed by atoms with Crippen LogP contribution in [0.1, 0.15) is 147 Å². The van der Waals surface area contributed by atoms with E-state index in [-0.39, 0.29) is 101 Å². The lowest BCUT2D eigenvalue weighted by Gasteiger charge is -2.46. The summed E-state index contributed by atoms with van der Waals surface area (Å²) >= 11 is 0. The number of likely N-dealkylation sites (N-methyl/N-ethyl adjacent to an activating group) is 7. The first-order valence-electron chi connectivity index (χ1n) is 38.2. The van der Waals surface area contributed by atoms with Crippen molar-refractivity contribution in [1.82, 2.24) is 60.0 Å².